The van der Waals surface area contributed by atoms with Crippen LogP contribution in [-0.2, 0) is 0 Å². The topological polar surface area (TPSA) is 35.0 Å². The number of hydrogen-bond donors (Lipinski definition) is 0. The third kappa shape index (κ3) is 3.12. The minimum Gasteiger partial charge on any atom is -0.471 e. The monoisotopic (exact) mass is 284 g/mol. The van der Waals surface area contributed by atoms with Crippen LogP contribution in [0.2, 0.25) is 0 Å². The van der Waals surface area contributed by atoms with E-state index in [1.807, 2.05) is 20.8 Å². The highest BCUT2D eigenvalue weighted by molar-refractivity contribution is 7.98. The first kappa shape index (κ1) is 14.0. The van der Waals surface area contributed by atoms with Gasteiger partial charge in [-0.3, -0.25) is 0 Å². The van der Waals surface area contributed by atoms with Crippen LogP contribution in [0.15, 0.2) is 17.3 Å². The average Bonchev–Trinajstić information content (AvgIpc) is 2.27. The zero-order valence-corrected chi connectivity index (χ0v) is 11.9. The maximum atomic E-state index is 13.8. The summed E-state index contributed by atoms with van der Waals surface area (Å²) in [7, 11) is 0. The predicted octanol–water partition coefficient (Wildman–Crippen LogP) is 3.81. The van der Waals surface area contributed by atoms with Crippen molar-refractivity contribution in [2.75, 3.05) is 6.26 Å². The molecule has 1 aromatic carbocycles. The Morgan fingerprint density at radius 1 is 1.16 bits per heavy atom. The van der Waals surface area contributed by atoms with Crippen LogP contribution in [0.5, 0.6) is 5.88 Å². The molecule has 0 aliphatic carbocycles. The second-order valence-electron chi connectivity index (χ2n) is 5.01. The first-order valence-corrected chi connectivity index (χ1v) is 6.92. The Kier molecular flexibility index (Phi) is 3.62. The van der Waals surface area contributed by atoms with E-state index in [0.29, 0.717) is 5.16 Å². The number of nitrogens with zero attached hydrogens (tertiary/aromatic N) is 2. The lowest BCUT2D eigenvalue weighted by Crippen LogP contribution is -2.24. The van der Waals surface area contributed by atoms with Gasteiger partial charge in [-0.1, -0.05) is 11.8 Å². The molecule has 2 rings (SSSR count). The van der Waals surface area contributed by atoms with Crippen LogP contribution in [0.4, 0.5) is 8.78 Å². The standard InChI is InChI=1S/C13H14F2N2OS/c1-13(2,3)18-11-8-5-7(14)6-9(15)10(8)16-12(17-11)19-4/h5-6H,1-4H3. The summed E-state index contributed by atoms with van der Waals surface area (Å²) in [5.41, 5.74) is -0.445. The lowest BCUT2D eigenvalue weighted by Gasteiger charge is -2.21. The van der Waals surface area contributed by atoms with Crippen molar-refractivity contribution in [3.63, 3.8) is 0 Å². The van der Waals surface area contributed by atoms with E-state index >= 15 is 0 Å². The van der Waals surface area contributed by atoms with Crippen molar-refractivity contribution in [3.05, 3.63) is 23.8 Å². The van der Waals surface area contributed by atoms with Crippen LogP contribution in [0.25, 0.3) is 10.9 Å². The highest BCUT2D eigenvalue weighted by atomic mass is 32.2. The average molecular weight is 284 g/mol. The fraction of sp³-hybridized carbons (Fsp3) is 0.385. The van der Waals surface area contributed by atoms with Gasteiger partial charge in [-0.05, 0) is 33.1 Å². The van der Waals surface area contributed by atoms with Gasteiger partial charge >= 0.3 is 0 Å². The molecule has 0 saturated carbocycles. The van der Waals surface area contributed by atoms with Crippen molar-refractivity contribution >= 4 is 22.7 Å². The molecule has 3 nitrogen and oxygen atoms in total. The molecule has 6 heteroatoms. The highest BCUT2D eigenvalue weighted by Gasteiger charge is 2.19. The fourth-order valence-electron chi connectivity index (χ4n) is 1.57. The molecule has 19 heavy (non-hydrogen) atoms. The molecule has 0 radical (unpaired) electrons. The molecule has 0 atom stereocenters. The molecule has 0 aliphatic heterocycles. The Balaban J connectivity index is 2.72. The van der Waals surface area contributed by atoms with E-state index in [9.17, 15) is 8.78 Å². The summed E-state index contributed by atoms with van der Waals surface area (Å²) < 4.78 is 32.8. The van der Waals surface area contributed by atoms with Gasteiger partial charge in [0.1, 0.15) is 16.9 Å². The largest absolute Gasteiger partial charge is 0.471 e. The van der Waals surface area contributed by atoms with E-state index in [2.05, 4.69) is 9.97 Å². The lowest BCUT2D eigenvalue weighted by atomic mass is 10.2. The molecule has 1 aromatic heterocycles. The quantitative estimate of drug-likeness (QED) is 0.620. The van der Waals surface area contributed by atoms with Gasteiger partial charge in [-0.2, -0.15) is 4.98 Å². The van der Waals surface area contributed by atoms with E-state index in [4.69, 9.17) is 4.74 Å². The Morgan fingerprint density at radius 2 is 1.84 bits per heavy atom. The molecular formula is C13H14F2N2OS. The molecule has 0 spiro atoms. The molecule has 1 heterocycles. The van der Waals surface area contributed by atoms with Gasteiger partial charge in [-0.25, -0.2) is 13.8 Å². The zero-order chi connectivity index (χ0) is 14.2. The van der Waals surface area contributed by atoms with Crippen LogP contribution in [0, 0.1) is 11.6 Å². The summed E-state index contributed by atoms with van der Waals surface area (Å²) in [6.45, 7) is 5.53. The van der Waals surface area contributed by atoms with Crippen molar-refractivity contribution in [1.82, 2.24) is 9.97 Å². The number of aromatic nitrogens is 2. The Morgan fingerprint density at radius 3 is 2.42 bits per heavy atom. The van der Waals surface area contributed by atoms with Gasteiger partial charge in [0.05, 0.1) is 5.39 Å². The summed E-state index contributed by atoms with van der Waals surface area (Å²) in [5, 5.41) is 0.627. The molecule has 0 fully saturated rings. The van der Waals surface area contributed by atoms with E-state index < -0.39 is 17.2 Å². The molecule has 0 amide bonds. The summed E-state index contributed by atoms with van der Waals surface area (Å²) >= 11 is 1.27. The first-order chi connectivity index (χ1) is 8.80. The highest BCUT2D eigenvalue weighted by Crippen LogP contribution is 2.30. The minimum atomic E-state index is -0.716. The summed E-state index contributed by atoms with van der Waals surface area (Å²) in [6.07, 6.45) is 1.78. The van der Waals surface area contributed by atoms with Gasteiger partial charge in [-0.15, -0.1) is 0 Å². The number of halogens is 2. The second-order valence-corrected chi connectivity index (χ2v) is 5.79. The zero-order valence-electron chi connectivity index (χ0n) is 11.1. The van der Waals surface area contributed by atoms with Gasteiger partial charge in [0.25, 0.3) is 0 Å². The van der Waals surface area contributed by atoms with Crippen molar-refractivity contribution in [2.24, 2.45) is 0 Å². The van der Waals surface area contributed by atoms with Gasteiger partial charge in [0.15, 0.2) is 11.0 Å². The smallest absolute Gasteiger partial charge is 0.226 e. The summed E-state index contributed by atoms with van der Waals surface area (Å²) in [5.74, 6) is -1.20. The normalized spacial score (nSPS) is 11.9. The van der Waals surface area contributed by atoms with Crippen LogP contribution < -0.4 is 4.74 Å². The van der Waals surface area contributed by atoms with Crippen molar-refractivity contribution in [1.29, 1.82) is 0 Å². The molecule has 0 aliphatic rings. The third-order valence-corrected chi connectivity index (χ3v) is 2.80. The van der Waals surface area contributed by atoms with Crippen molar-refractivity contribution < 1.29 is 13.5 Å². The molecular weight excluding hydrogens is 270 g/mol. The molecule has 0 unspecified atom stereocenters. The van der Waals surface area contributed by atoms with E-state index in [1.54, 1.807) is 6.26 Å². The van der Waals surface area contributed by atoms with Gasteiger partial charge in [0, 0.05) is 6.07 Å². The number of fused-ring (bicyclic) bond motifs is 1. The van der Waals surface area contributed by atoms with Crippen molar-refractivity contribution in [3.8, 4) is 5.88 Å². The minimum absolute atomic E-state index is 0.0694. The van der Waals surface area contributed by atoms with E-state index in [-0.39, 0.29) is 16.8 Å². The number of ether oxygens (including phenoxy) is 1. The number of thioether (sulfide) groups is 1. The Hall–Kier alpha value is -1.43. The Labute approximate surface area is 114 Å². The number of benzene rings is 1. The first-order valence-electron chi connectivity index (χ1n) is 5.70. The van der Waals surface area contributed by atoms with Gasteiger partial charge in [0.2, 0.25) is 5.88 Å². The lowest BCUT2D eigenvalue weighted by molar-refractivity contribution is 0.125. The predicted molar refractivity (Wildman–Crippen MR) is 71.6 cm³/mol. The Bertz CT molecular complexity index is 626. The van der Waals surface area contributed by atoms with Crippen LogP contribution in [0.1, 0.15) is 20.8 Å². The number of rotatable bonds is 2. The van der Waals surface area contributed by atoms with E-state index in [0.717, 1.165) is 6.07 Å². The van der Waals surface area contributed by atoms with Gasteiger partial charge < -0.3 is 4.74 Å². The van der Waals surface area contributed by atoms with Crippen LogP contribution >= 0.6 is 11.8 Å². The van der Waals surface area contributed by atoms with Crippen molar-refractivity contribution in [2.45, 2.75) is 31.5 Å². The number of hydrogen-bond acceptors (Lipinski definition) is 4. The summed E-state index contributed by atoms with van der Waals surface area (Å²) in [4.78, 5) is 8.24. The fourth-order valence-corrected chi connectivity index (χ4v) is 1.93. The third-order valence-electron chi connectivity index (χ3n) is 2.25. The maximum Gasteiger partial charge on any atom is 0.226 e. The van der Waals surface area contributed by atoms with Crippen LogP contribution in [0.3, 0.4) is 0 Å². The second kappa shape index (κ2) is 4.92. The maximum absolute atomic E-state index is 13.8. The molecule has 2 aromatic rings. The SMILES string of the molecule is CSc1nc(OC(C)(C)C)c2cc(F)cc(F)c2n1. The van der Waals surface area contributed by atoms with Crippen LogP contribution in [-0.4, -0.2) is 21.8 Å². The molecule has 0 N–H and O–H groups in total. The molecule has 0 saturated heterocycles. The summed E-state index contributed by atoms with van der Waals surface area (Å²) in [6, 6.07) is 1.99. The van der Waals surface area contributed by atoms with E-state index in [1.165, 1.54) is 17.8 Å². The molecule has 102 valence electrons. The molecule has 0 bridgehead atoms.